The van der Waals surface area contributed by atoms with Gasteiger partial charge in [0.1, 0.15) is 5.60 Å². The summed E-state index contributed by atoms with van der Waals surface area (Å²) in [6.45, 7) is 7.93. The predicted molar refractivity (Wildman–Crippen MR) is 94.7 cm³/mol. The SMILES string of the molecule is CC(C)(C)OC(=O)N1CCC2(CC1)CC(COc1ccc(Cl)nn1)C2. The van der Waals surface area contributed by atoms with E-state index in [1.165, 1.54) is 0 Å². The van der Waals surface area contributed by atoms with Crippen LogP contribution in [0.25, 0.3) is 0 Å². The summed E-state index contributed by atoms with van der Waals surface area (Å²) in [4.78, 5) is 14.0. The average Bonchev–Trinajstić information content (AvgIpc) is 2.51. The van der Waals surface area contributed by atoms with Crippen molar-refractivity contribution in [3.63, 3.8) is 0 Å². The molecule has 2 fully saturated rings. The number of ether oxygens (including phenoxy) is 2. The van der Waals surface area contributed by atoms with Crippen molar-refractivity contribution in [3.05, 3.63) is 17.3 Å². The topological polar surface area (TPSA) is 64.5 Å². The molecule has 1 spiro atoms. The maximum atomic E-state index is 12.1. The van der Waals surface area contributed by atoms with Crippen LogP contribution in [0.1, 0.15) is 46.5 Å². The van der Waals surface area contributed by atoms with Crippen molar-refractivity contribution in [1.82, 2.24) is 15.1 Å². The van der Waals surface area contributed by atoms with Gasteiger partial charge in [-0.05, 0) is 63.9 Å². The Bertz CT molecular complexity index is 599. The van der Waals surface area contributed by atoms with E-state index in [0.29, 0.717) is 29.0 Å². The highest BCUT2D eigenvalue weighted by Crippen LogP contribution is 2.52. The smallest absolute Gasteiger partial charge is 0.410 e. The highest BCUT2D eigenvalue weighted by atomic mass is 35.5. The summed E-state index contributed by atoms with van der Waals surface area (Å²) < 4.78 is 11.2. The molecule has 2 aliphatic rings. The van der Waals surface area contributed by atoms with Crippen molar-refractivity contribution < 1.29 is 14.3 Å². The molecule has 1 saturated heterocycles. The van der Waals surface area contributed by atoms with Crippen LogP contribution in [0.5, 0.6) is 5.88 Å². The van der Waals surface area contributed by atoms with Crippen LogP contribution in [0, 0.1) is 11.3 Å². The Balaban J connectivity index is 1.39. The van der Waals surface area contributed by atoms with Crippen molar-refractivity contribution >= 4 is 17.7 Å². The van der Waals surface area contributed by atoms with E-state index in [2.05, 4.69) is 10.2 Å². The van der Waals surface area contributed by atoms with Gasteiger partial charge in [-0.1, -0.05) is 11.6 Å². The number of piperidine rings is 1. The lowest BCUT2D eigenvalue weighted by atomic mass is 9.58. The Morgan fingerprint density at radius 1 is 1.28 bits per heavy atom. The molecule has 0 unspecified atom stereocenters. The molecule has 3 rings (SSSR count). The second-order valence-electron chi connectivity index (χ2n) is 8.25. The van der Waals surface area contributed by atoms with E-state index in [1.54, 1.807) is 12.1 Å². The summed E-state index contributed by atoms with van der Waals surface area (Å²) in [6, 6.07) is 3.42. The monoisotopic (exact) mass is 367 g/mol. The van der Waals surface area contributed by atoms with Gasteiger partial charge in [0.25, 0.3) is 0 Å². The van der Waals surface area contributed by atoms with Gasteiger partial charge in [-0.15, -0.1) is 10.2 Å². The number of rotatable bonds is 3. The number of halogens is 1. The normalized spacial score (nSPS) is 20.2. The average molecular weight is 368 g/mol. The largest absolute Gasteiger partial charge is 0.476 e. The molecular formula is C18H26ClN3O3. The van der Waals surface area contributed by atoms with Crippen LogP contribution in [-0.2, 0) is 4.74 Å². The first kappa shape index (κ1) is 18.2. The van der Waals surface area contributed by atoms with Crippen molar-refractivity contribution in [2.45, 2.75) is 52.1 Å². The minimum Gasteiger partial charge on any atom is -0.476 e. The van der Waals surface area contributed by atoms with Crippen LogP contribution in [0.4, 0.5) is 4.79 Å². The summed E-state index contributed by atoms with van der Waals surface area (Å²) in [6.07, 6.45) is 4.20. The van der Waals surface area contributed by atoms with Crippen LogP contribution in [0.15, 0.2) is 12.1 Å². The van der Waals surface area contributed by atoms with Crippen LogP contribution in [0.3, 0.4) is 0 Å². The molecule has 1 aliphatic heterocycles. The van der Waals surface area contributed by atoms with Gasteiger partial charge < -0.3 is 14.4 Å². The van der Waals surface area contributed by atoms with Gasteiger partial charge in [0.05, 0.1) is 6.61 Å². The first-order valence-electron chi connectivity index (χ1n) is 8.85. The van der Waals surface area contributed by atoms with E-state index < -0.39 is 5.60 Å². The molecule has 1 amide bonds. The molecular weight excluding hydrogens is 342 g/mol. The fraction of sp³-hybridized carbons (Fsp3) is 0.722. The van der Waals surface area contributed by atoms with Crippen molar-refractivity contribution in [2.24, 2.45) is 11.3 Å². The fourth-order valence-corrected chi connectivity index (χ4v) is 3.87. The van der Waals surface area contributed by atoms with E-state index >= 15 is 0 Å². The van der Waals surface area contributed by atoms with Crippen LogP contribution >= 0.6 is 11.6 Å². The van der Waals surface area contributed by atoms with Gasteiger partial charge in [0, 0.05) is 19.2 Å². The zero-order chi connectivity index (χ0) is 18.1. The van der Waals surface area contributed by atoms with E-state index in [-0.39, 0.29) is 6.09 Å². The lowest BCUT2D eigenvalue weighted by Gasteiger charge is -2.52. The molecule has 138 valence electrons. The molecule has 0 radical (unpaired) electrons. The Hall–Kier alpha value is -1.56. The Kier molecular flexibility index (Phi) is 5.09. The predicted octanol–water partition coefficient (Wildman–Crippen LogP) is 3.94. The second kappa shape index (κ2) is 6.98. The number of hydrogen-bond acceptors (Lipinski definition) is 5. The first-order valence-corrected chi connectivity index (χ1v) is 9.23. The third-order valence-corrected chi connectivity index (χ3v) is 5.20. The number of aromatic nitrogens is 2. The van der Waals surface area contributed by atoms with Gasteiger partial charge in [0.2, 0.25) is 5.88 Å². The minimum atomic E-state index is -0.435. The molecule has 7 heteroatoms. The maximum absolute atomic E-state index is 12.1. The highest BCUT2D eigenvalue weighted by molar-refractivity contribution is 6.29. The lowest BCUT2D eigenvalue weighted by molar-refractivity contribution is -0.0385. The molecule has 0 bridgehead atoms. The molecule has 1 aromatic heterocycles. The van der Waals surface area contributed by atoms with Gasteiger partial charge in [-0.25, -0.2) is 4.79 Å². The van der Waals surface area contributed by atoms with Gasteiger partial charge in [-0.3, -0.25) is 0 Å². The zero-order valence-corrected chi connectivity index (χ0v) is 15.9. The minimum absolute atomic E-state index is 0.192. The molecule has 25 heavy (non-hydrogen) atoms. The summed E-state index contributed by atoms with van der Waals surface area (Å²) >= 11 is 5.71. The van der Waals surface area contributed by atoms with E-state index in [9.17, 15) is 4.79 Å². The summed E-state index contributed by atoms with van der Waals surface area (Å²) in [5, 5.41) is 8.05. The van der Waals surface area contributed by atoms with Crippen LogP contribution in [0.2, 0.25) is 5.15 Å². The molecule has 6 nitrogen and oxygen atoms in total. The maximum Gasteiger partial charge on any atom is 0.410 e. The van der Waals surface area contributed by atoms with E-state index in [1.807, 2.05) is 25.7 Å². The molecule has 1 saturated carbocycles. The quantitative estimate of drug-likeness (QED) is 0.809. The Morgan fingerprint density at radius 2 is 1.96 bits per heavy atom. The molecule has 0 atom stereocenters. The number of hydrogen-bond donors (Lipinski definition) is 0. The zero-order valence-electron chi connectivity index (χ0n) is 15.1. The third-order valence-electron chi connectivity index (χ3n) is 4.99. The van der Waals surface area contributed by atoms with Crippen molar-refractivity contribution in [3.8, 4) is 5.88 Å². The molecule has 2 heterocycles. The third kappa shape index (κ3) is 4.75. The number of carbonyl (C=O) groups excluding carboxylic acids is 1. The van der Waals surface area contributed by atoms with Crippen LogP contribution in [-0.4, -0.2) is 46.5 Å². The second-order valence-corrected chi connectivity index (χ2v) is 8.63. The standard InChI is InChI=1S/C18H26ClN3O3/c1-17(2,3)25-16(23)22-8-6-18(7-9-22)10-13(11-18)12-24-15-5-4-14(19)20-21-15/h4-5,13H,6-12H2,1-3H3. The van der Waals surface area contributed by atoms with Crippen molar-refractivity contribution in [2.75, 3.05) is 19.7 Å². The Labute approximate surface area is 153 Å². The fourth-order valence-electron chi connectivity index (χ4n) is 3.77. The van der Waals surface area contributed by atoms with Gasteiger partial charge in [0.15, 0.2) is 5.15 Å². The highest BCUT2D eigenvalue weighted by Gasteiger charge is 2.46. The number of amides is 1. The summed E-state index contributed by atoms with van der Waals surface area (Å²) in [5.41, 5.74) is -0.0616. The Morgan fingerprint density at radius 3 is 2.52 bits per heavy atom. The molecule has 1 aliphatic carbocycles. The number of carbonyl (C=O) groups is 1. The van der Waals surface area contributed by atoms with E-state index in [4.69, 9.17) is 21.1 Å². The number of likely N-dealkylation sites (tertiary alicyclic amines) is 1. The molecule has 1 aromatic rings. The first-order chi connectivity index (χ1) is 11.7. The van der Waals surface area contributed by atoms with Crippen molar-refractivity contribution in [1.29, 1.82) is 0 Å². The number of nitrogens with zero attached hydrogens (tertiary/aromatic N) is 3. The summed E-state index contributed by atoms with van der Waals surface area (Å²) in [7, 11) is 0. The molecule has 0 N–H and O–H groups in total. The summed E-state index contributed by atoms with van der Waals surface area (Å²) in [5.74, 6) is 1.07. The van der Waals surface area contributed by atoms with E-state index in [0.717, 1.165) is 38.8 Å². The lowest BCUT2D eigenvalue weighted by Crippen LogP contribution is -2.50. The van der Waals surface area contributed by atoms with Crippen LogP contribution < -0.4 is 4.74 Å². The van der Waals surface area contributed by atoms with Gasteiger partial charge in [-0.2, -0.15) is 0 Å². The van der Waals surface area contributed by atoms with Gasteiger partial charge >= 0.3 is 6.09 Å². The molecule has 0 aromatic carbocycles.